The third-order valence-electron chi connectivity index (χ3n) is 3.62. The van der Waals surface area contributed by atoms with Gasteiger partial charge < -0.3 is 5.32 Å². The van der Waals surface area contributed by atoms with Gasteiger partial charge in [0.2, 0.25) is 10.0 Å². The average molecular weight is 355 g/mol. The lowest BCUT2D eigenvalue weighted by Crippen LogP contribution is -2.42. The lowest BCUT2D eigenvalue weighted by atomic mass is 10.00. The average Bonchev–Trinajstić information content (AvgIpc) is 2.37. The summed E-state index contributed by atoms with van der Waals surface area (Å²) >= 11 is 3.44. The van der Waals surface area contributed by atoms with Crippen molar-refractivity contribution in [3.05, 3.63) is 0 Å². The fourth-order valence-corrected chi connectivity index (χ4v) is 3.84. The van der Waals surface area contributed by atoms with E-state index in [9.17, 15) is 8.42 Å². The van der Waals surface area contributed by atoms with Crippen LogP contribution >= 0.6 is 15.9 Å². The maximum atomic E-state index is 11.5. The molecule has 1 aliphatic rings. The molecule has 0 saturated carbocycles. The molecule has 1 fully saturated rings. The van der Waals surface area contributed by atoms with Crippen LogP contribution in [0.2, 0.25) is 0 Å². The van der Waals surface area contributed by atoms with Gasteiger partial charge in [-0.1, -0.05) is 28.8 Å². The Bertz CT molecular complexity index is 336. The fraction of sp³-hybridized carbons (Fsp3) is 1.00. The second-order valence-electron chi connectivity index (χ2n) is 5.44. The lowest BCUT2D eigenvalue weighted by molar-refractivity contribution is 0.261. The molecule has 6 heteroatoms. The highest BCUT2D eigenvalue weighted by molar-refractivity contribution is 9.09. The van der Waals surface area contributed by atoms with E-state index in [1.54, 1.807) is 4.31 Å². The number of piperidine rings is 1. The number of nitrogens with zero attached hydrogens (tertiary/aromatic N) is 1. The van der Waals surface area contributed by atoms with E-state index in [1.807, 2.05) is 0 Å². The van der Waals surface area contributed by atoms with Crippen LogP contribution in [0.4, 0.5) is 0 Å². The number of alkyl halides is 1. The predicted molar refractivity (Wildman–Crippen MR) is 84.3 cm³/mol. The van der Waals surface area contributed by atoms with E-state index in [2.05, 4.69) is 21.2 Å². The molecule has 1 aliphatic heterocycles. The van der Waals surface area contributed by atoms with Gasteiger partial charge in [-0.3, -0.25) is 0 Å². The summed E-state index contributed by atoms with van der Waals surface area (Å²) in [6.07, 6.45) is 8.48. The van der Waals surface area contributed by atoms with E-state index in [0.717, 1.165) is 31.3 Å². The summed E-state index contributed by atoms with van der Waals surface area (Å²) in [6.45, 7) is 3.39. The zero-order chi connectivity index (χ0) is 14.1. The normalized spacial score (nSPS) is 21.7. The fourth-order valence-electron chi connectivity index (χ4n) is 2.50. The van der Waals surface area contributed by atoms with Gasteiger partial charge in [-0.15, -0.1) is 0 Å². The summed E-state index contributed by atoms with van der Waals surface area (Å²) in [5, 5.41) is 4.57. The Hall–Kier alpha value is 0.350. The molecule has 0 amide bonds. The van der Waals surface area contributed by atoms with Gasteiger partial charge in [0, 0.05) is 18.4 Å². The first-order valence-electron chi connectivity index (χ1n) is 7.26. The highest BCUT2D eigenvalue weighted by Gasteiger charge is 2.25. The minimum absolute atomic E-state index is 0.478. The van der Waals surface area contributed by atoms with E-state index in [-0.39, 0.29) is 0 Å². The molecule has 1 rings (SSSR count). The Morgan fingerprint density at radius 2 is 2.00 bits per heavy atom. The zero-order valence-corrected chi connectivity index (χ0v) is 14.3. The standard InChI is InChI=1S/C13H27BrN2O2S/c1-19(17,18)16-10-6-7-13(12-16)11-15-9-5-3-2-4-8-14/h13,15H,2-12H2,1H3. The molecule has 1 unspecified atom stereocenters. The maximum absolute atomic E-state index is 11.5. The number of nitrogens with one attached hydrogen (secondary N) is 1. The highest BCUT2D eigenvalue weighted by atomic mass is 79.9. The number of rotatable bonds is 9. The summed E-state index contributed by atoms with van der Waals surface area (Å²) in [6, 6.07) is 0. The Balaban J connectivity index is 2.09. The summed E-state index contributed by atoms with van der Waals surface area (Å²) in [5.74, 6) is 0.478. The molecule has 1 atom stereocenters. The SMILES string of the molecule is CS(=O)(=O)N1CCCC(CNCCCCCCBr)C1. The van der Waals surface area contributed by atoms with E-state index in [4.69, 9.17) is 0 Å². The minimum Gasteiger partial charge on any atom is -0.316 e. The van der Waals surface area contributed by atoms with Crippen LogP contribution in [0.5, 0.6) is 0 Å². The Kier molecular flexibility index (Phi) is 8.53. The van der Waals surface area contributed by atoms with Crippen LogP contribution in [-0.4, -0.2) is 50.5 Å². The molecule has 1 N–H and O–H groups in total. The molecular weight excluding hydrogens is 328 g/mol. The molecule has 4 nitrogen and oxygen atoms in total. The molecule has 1 saturated heterocycles. The van der Waals surface area contributed by atoms with E-state index < -0.39 is 10.0 Å². The second kappa shape index (κ2) is 9.32. The van der Waals surface area contributed by atoms with E-state index in [0.29, 0.717) is 19.0 Å². The van der Waals surface area contributed by atoms with Gasteiger partial charge in [0.15, 0.2) is 0 Å². The first-order chi connectivity index (χ1) is 9.04. The monoisotopic (exact) mass is 354 g/mol. The van der Waals surface area contributed by atoms with Gasteiger partial charge in [-0.25, -0.2) is 12.7 Å². The Labute approximate surface area is 126 Å². The summed E-state index contributed by atoms with van der Waals surface area (Å²) in [7, 11) is -3.00. The number of sulfonamides is 1. The van der Waals surface area contributed by atoms with Crippen LogP contribution in [0, 0.1) is 5.92 Å². The van der Waals surface area contributed by atoms with Gasteiger partial charge in [0.05, 0.1) is 6.26 Å². The van der Waals surface area contributed by atoms with Gasteiger partial charge in [-0.2, -0.15) is 0 Å². The van der Waals surface area contributed by atoms with Crippen molar-refractivity contribution in [1.29, 1.82) is 0 Å². The highest BCUT2D eigenvalue weighted by Crippen LogP contribution is 2.17. The van der Waals surface area contributed by atoms with E-state index in [1.165, 1.54) is 31.9 Å². The molecule has 0 bridgehead atoms. The maximum Gasteiger partial charge on any atom is 0.211 e. The first kappa shape index (κ1) is 17.4. The van der Waals surface area contributed by atoms with E-state index >= 15 is 0 Å². The molecule has 0 aliphatic carbocycles. The van der Waals surface area contributed by atoms with Crippen LogP contribution < -0.4 is 5.32 Å². The van der Waals surface area contributed by atoms with Crippen molar-refractivity contribution in [2.45, 2.75) is 38.5 Å². The number of unbranched alkanes of at least 4 members (excludes halogenated alkanes) is 3. The topological polar surface area (TPSA) is 49.4 Å². The van der Waals surface area contributed by atoms with Crippen LogP contribution in [0.3, 0.4) is 0 Å². The van der Waals surface area contributed by atoms with Crippen molar-refractivity contribution >= 4 is 26.0 Å². The number of hydrogen-bond acceptors (Lipinski definition) is 3. The second-order valence-corrected chi connectivity index (χ2v) is 8.21. The molecule has 19 heavy (non-hydrogen) atoms. The van der Waals surface area contributed by atoms with Gasteiger partial charge in [-0.05, 0) is 44.7 Å². The van der Waals surface area contributed by atoms with Gasteiger partial charge in [0.25, 0.3) is 0 Å². The van der Waals surface area contributed by atoms with Crippen molar-refractivity contribution in [3.63, 3.8) is 0 Å². The largest absolute Gasteiger partial charge is 0.316 e. The Morgan fingerprint density at radius 3 is 2.68 bits per heavy atom. The molecule has 0 aromatic rings. The summed E-state index contributed by atoms with van der Waals surface area (Å²) in [5.41, 5.74) is 0. The van der Waals surface area contributed by atoms with Crippen LogP contribution in [-0.2, 0) is 10.0 Å². The number of halogens is 1. The van der Waals surface area contributed by atoms with Crippen LogP contribution in [0.15, 0.2) is 0 Å². The first-order valence-corrected chi connectivity index (χ1v) is 10.2. The van der Waals surface area contributed by atoms with Crippen LogP contribution in [0.25, 0.3) is 0 Å². The molecule has 114 valence electrons. The minimum atomic E-state index is -3.00. The molecule has 0 radical (unpaired) electrons. The van der Waals surface area contributed by atoms with Crippen molar-refractivity contribution < 1.29 is 8.42 Å². The molecule has 0 aromatic carbocycles. The smallest absolute Gasteiger partial charge is 0.211 e. The lowest BCUT2D eigenvalue weighted by Gasteiger charge is -2.31. The third-order valence-corrected chi connectivity index (χ3v) is 5.45. The van der Waals surface area contributed by atoms with Gasteiger partial charge >= 0.3 is 0 Å². The van der Waals surface area contributed by atoms with Crippen molar-refractivity contribution in [2.24, 2.45) is 5.92 Å². The van der Waals surface area contributed by atoms with Crippen molar-refractivity contribution in [3.8, 4) is 0 Å². The quantitative estimate of drug-likeness (QED) is 0.510. The van der Waals surface area contributed by atoms with Gasteiger partial charge in [0.1, 0.15) is 0 Å². The summed E-state index contributed by atoms with van der Waals surface area (Å²) in [4.78, 5) is 0. The molecule has 0 spiro atoms. The third kappa shape index (κ3) is 7.63. The van der Waals surface area contributed by atoms with Crippen molar-refractivity contribution in [2.75, 3.05) is 37.8 Å². The van der Waals surface area contributed by atoms with Crippen molar-refractivity contribution in [1.82, 2.24) is 9.62 Å². The van der Waals surface area contributed by atoms with Crippen LogP contribution in [0.1, 0.15) is 38.5 Å². The zero-order valence-electron chi connectivity index (χ0n) is 11.9. The predicted octanol–water partition coefficient (Wildman–Crippen LogP) is 2.20. The summed E-state index contributed by atoms with van der Waals surface area (Å²) < 4.78 is 24.6. The number of hydrogen-bond donors (Lipinski definition) is 1. The molecule has 0 aromatic heterocycles. The molecular formula is C13H27BrN2O2S. The Morgan fingerprint density at radius 1 is 1.26 bits per heavy atom. The molecule has 1 heterocycles.